The van der Waals surface area contributed by atoms with Gasteiger partial charge in [-0.1, -0.05) is 13.3 Å². The number of aliphatic hydroxyl groups is 1. The van der Waals surface area contributed by atoms with E-state index in [2.05, 4.69) is 11.8 Å². The van der Waals surface area contributed by atoms with Crippen molar-refractivity contribution >= 4 is 5.69 Å². The Balaban J connectivity index is 2.20. The van der Waals surface area contributed by atoms with Crippen molar-refractivity contribution in [1.29, 1.82) is 0 Å². The van der Waals surface area contributed by atoms with E-state index in [0.717, 1.165) is 24.7 Å². The first-order chi connectivity index (χ1) is 7.74. The summed E-state index contributed by atoms with van der Waals surface area (Å²) in [4.78, 5) is 2.25. The molecule has 16 heavy (non-hydrogen) atoms. The summed E-state index contributed by atoms with van der Waals surface area (Å²) in [6, 6.07) is 4.67. The molecule has 0 spiro atoms. The first-order valence-corrected chi connectivity index (χ1v) is 5.88. The lowest BCUT2D eigenvalue weighted by molar-refractivity contribution is 0.281. The molecule has 0 amide bonds. The maximum absolute atomic E-state index is 13.0. The van der Waals surface area contributed by atoms with Crippen LogP contribution in [-0.2, 0) is 6.61 Å². The highest BCUT2D eigenvalue weighted by Gasteiger charge is 2.22. The van der Waals surface area contributed by atoms with Crippen LogP contribution >= 0.6 is 0 Å². The van der Waals surface area contributed by atoms with Gasteiger partial charge in [0.05, 0.1) is 6.61 Å². The van der Waals surface area contributed by atoms with Gasteiger partial charge in [0.2, 0.25) is 0 Å². The summed E-state index contributed by atoms with van der Waals surface area (Å²) < 4.78 is 13.0. The van der Waals surface area contributed by atoms with E-state index in [1.807, 2.05) is 0 Å². The fraction of sp³-hybridized carbons (Fsp3) is 0.538. The molecule has 88 valence electrons. The molecule has 1 aliphatic rings. The number of halogens is 1. The highest BCUT2D eigenvalue weighted by atomic mass is 19.1. The number of anilines is 1. The van der Waals surface area contributed by atoms with Crippen LogP contribution in [0.2, 0.25) is 0 Å². The minimum Gasteiger partial charge on any atom is -0.392 e. The van der Waals surface area contributed by atoms with Crippen molar-refractivity contribution in [3.8, 4) is 0 Å². The summed E-state index contributed by atoms with van der Waals surface area (Å²) in [5, 5.41) is 9.23. The largest absolute Gasteiger partial charge is 0.392 e. The van der Waals surface area contributed by atoms with Gasteiger partial charge >= 0.3 is 0 Å². The van der Waals surface area contributed by atoms with E-state index in [9.17, 15) is 9.50 Å². The highest BCUT2D eigenvalue weighted by Crippen LogP contribution is 2.28. The van der Waals surface area contributed by atoms with Crippen LogP contribution in [0.15, 0.2) is 18.2 Å². The van der Waals surface area contributed by atoms with E-state index in [1.54, 1.807) is 6.07 Å². The van der Waals surface area contributed by atoms with Crippen LogP contribution in [0.3, 0.4) is 0 Å². The van der Waals surface area contributed by atoms with Crippen LogP contribution < -0.4 is 4.90 Å². The zero-order valence-corrected chi connectivity index (χ0v) is 9.62. The van der Waals surface area contributed by atoms with Crippen molar-refractivity contribution < 1.29 is 9.50 Å². The average molecular weight is 223 g/mol. The summed E-state index contributed by atoms with van der Waals surface area (Å²) in [7, 11) is 0. The highest BCUT2D eigenvalue weighted by molar-refractivity contribution is 5.54. The van der Waals surface area contributed by atoms with Crippen LogP contribution in [0.1, 0.15) is 25.3 Å². The molecule has 0 bridgehead atoms. The molecule has 1 aromatic rings. The molecule has 1 atom stereocenters. The van der Waals surface area contributed by atoms with Crippen LogP contribution in [0, 0.1) is 11.7 Å². The molecule has 3 heteroatoms. The van der Waals surface area contributed by atoms with E-state index >= 15 is 0 Å². The number of hydrogen-bond donors (Lipinski definition) is 1. The number of benzene rings is 1. The zero-order chi connectivity index (χ0) is 11.5. The lowest BCUT2D eigenvalue weighted by Gasteiger charge is -2.21. The minimum absolute atomic E-state index is 0.0968. The molecule has 2 nitrogen and oxygen atoms in total. The smallest absolute Gasteiger partial charge is 0.123 e. The third-order valence-electron chi connectivity index (χ3n) is 3.42. The van der Waals surface area contributed by atoms with E-state index in [1.165, 1.54) is 25.0 Å². The molecule has 1 N–H and O–H groups in total. The molecular formula is C13H18FNO. The number of aliphatic hydroxyl groups excluding tert-OH is 1. The molecule has 2 rings (SSSR count). The molecule has 1 aromatic carbocycles. The molecule has 1 heterocycles. The molecule has 1 fully saturated rings. The van der Waals surface area contributed by atoms with Gasteiger partial charge in [0, 0.05) is 24.3 Å². The molecule has 1 aliphatic heterocycles. The Labute approximate surface area is 95.7 Å². The molecular weight excluding hydrogens is 205 g/mol. The Morgan fingerprint density at radius 1 is 1.50 bits per heavy atom. The number of nitrogens with zero attached hydrogens (tertiary/aromatic N) is 1. The van der Waals surface area contributed by atoms with Crippen molar-refractivity contribution in [3.05, 3.63) is 29.6 Å². The summed E-state index contributed by atoms with van der Waals surface area (Å²) >= 11 is 0. The van der Waals surface area contributed by atoms with Crippen molar-refractivity contribution in [2.75, 3.05) is 18.0 Å². The van der Waals surface area contributed by atoms with E-state index in [4.69, 9.17) is 0 Å². The lowest BCUT2D eigenvalue weighted by atomic mass is 10.1. The van der Waals surface area contributed by atoms with Crippen molar-refractivity contribution in [1.82, 2.24) is 0 Å². The maximum Gasteiger partial charge on any atom is 0.123 e. The Morgan fingerprint density at radius 2 is 2.31 bits per heavy atom. The van der Waals surface area contributed by atoms with Gasteiger partial charge in [0.1, 0.15) is 5.82 Å². The third kappa shape index (κ3) is 2.19. The molecule has 1 saturated heterocycles. The monoisotopic (exact) mass is 223 g/mol. The van der Waals surface area contributed by atoms with Gasteiger partial charge in [0.25, 0.3) is 0 Å². The molecule has 0 saturated carbocycles. The summed E-state index contributed by atoms with van der Waals surface area (Å²) in [6.45, 7) is 4.14. The summed E-state index contributed by atoms with van der Waals surface area (Å²) in [6.07, 6.45) is 2.38. The van der Waals surface area contributed by atoms with Gasteiger partial charge < -0.3 is 10.0 Å². The summed E-state index contributed by atoms with van der Waals surface area (Å²) in [5.74, 6) is 0.454. The zero-order valence-electron chi connectivity index (χ0n) is 9.62. The van der Waals surface area contributed by atoms with Gasteiger partial charge in [-0.25, -0.2) is 4.39 Å². The molecule has 0 aromatic heterocycles. The van der Waals surface area contributed by atoms with Crippen LogP contribution in [0.5, 0.6) is 0 Å². The minimum atomic E-state index is -0.279. The number of rotatable bonds is 3. The normalized spacial score (nSPS) is 20.4. The van der Waals surface area contributed by atoms with Crippen LogP contribution in [0.4, 0.5) is 10.1 Å². The average Bonchev–Trinajstić information content (AvgIpc) is 2.77. The van der Waals surface area contributed by atoms with Gasteiger partial charge in [-0.2, -0.15) is 0 Å². The fourth-order valence-corrected chi connectivity index (χ4v) is 2.37. The molecule has 0 aliphatic carbocycles. The van der Waals surface area contributed by atoms with Crippen molar-refractivity contribution in [3.63, 3.8) is 0 Å². The van der Waals surface area contributed by atoms with Crippen LogP contribution in [0.25, 0.3) is 0 Å². The van der Waals surface area contributed by atoms with Gasteiger partial charge in [0.15, 0.2) is 0 Å². The predicted molar refractivity (Wildman–Crippen MR) is 62.9 cm³/mol. The Hall–Kier alpha value is -1.09. The van der Waals surface area contributed by atoms with E-state index in [-0.39, 0.29) is 12.4 Å². The second-order valence-corrected chi connectivity index (χ2v) is 4.44. The quantitative estimate of drug-likeness (QED) is 0.851. The lowest BCUT2D eigenvalue weighted by Crippen LogP contribution is -2.21. The standard InChI is InChI=1S/C13H18FNO/c1-2-10-5-6-15(8-10)13-4-3-12(14)7-11(13)9-16/h3-4,7,10,16H,2,5-6,8-9H2,1H3. The van der Waals surface area contributed by atoms with Gasteiger partial charge in [-0.15, -0.1) is 0 Å². The molecule has 1 unspecified atom stereocenters. The maximum atomic E-state index is 13.0. The Kier molecular flexibility index (Phi) is 3.44. The van der Waals surface area contributed by atoms with Gasteiger partial charge in [-0.3, -0.25) is 0 Å². The first-order valence-electron chi connectivity index (χ1n) is 5.88. The first kappa shape index (κ1) is 11.4. The van der Waals surface area contributed by atoms with E-state index in [0.29, 0.717) is 5.56 Å². The summed E-state index contributed by atoms with van der Waals surface area (Å²) in [5.41, 5.74) is 1.68. The van der Waals surface area contributed by atoms with Crippen molar-refractivity contribution in [2.24, 2.45) is 5.92 Å². The predicted octanol–water partition coefficient (Wildman–Crippen LogP) is 2.55. The van der Waals surface area contributed by atoms with E-state index < -0.39 is 0 Å². The van der Waals surface area contributed by atoms with Crippen molar-refractivity contribution in [2.45, 2.75) is 26.4 Å². The van der Waals surface area contributed by atoms with Gasteiger partial charge in [-0.05, 0) is 30.5 Å². The second-order valence-electron chi connectivity index (χ2n) is 4.44. The third-order valence-corrected chi connectivity index (χ3v) is 3.42. The van der Waals surface area contributed by atoms with Crippen LogP contribution in [-0.4, -0.2) is 18.2 Å². The number of hydrogen-bond acceptors (Lipinski definition) is 2. The Morgan fingerprint density at radius 3 is 2.94 bits per heavy atom. The topological polar surface area (TPSA) is 23.5 Å². The second kappa shape index (κ2) is 4.83. The fourth-order valence-electron chi connectivity index (χ4n) is 2.37. The molecule has 0 radical (unpaired) electrons. The SMILES string of the molecule is CCC1CCN(c2ccc(F)cc2CO)C1. The Bertz CT molecular complexity index is 367.